The van der Waals surface area contributed by atoms with Crippen LogP contribution < -0.4 is 10.1 Å². The molecule has 4 heteroatoms. The summed E-state index contributed by atoms with van der Waals surface area (Å²) in [7, 11) is 0. The van der Waals surface area contributed by atoms with E-state index in [1.807, 2.05) is 73.7 Å². The Bertz CT molecular complexity index is 1060. The molecule has 3 rings (SSSR count). The molecule has 1 N–H and O–H groups in total. The van der Waals surface area contributed by atoms with Crippen LogP contribution in [0.25, 0.3) is 16.8 Å². The van der Waals surface area contributed by atoms with Crippen molar-refractivity contribution in [1.29, 1.82) is 5.26 Å². The number of carbonyl (C=O) groups excluding carboxylic acids is 1. The van der Waals surface area contributed by atoms with Gasteiger partial charge in [0.15, 0.2) is 0 Å². The molecule has 0 heterocycles. The summed E-state index contributed by atoms with van der Waals surface area (Å²) >= 11 is 0. The number of nitrogens with zero attached hydrogens (tertiary/aromatic N) is 1. The molecule has 140 valence electrons. The third kappa shape index (κ3) is 4.21. The molecule has 3 aromatic rings. The molecule has 0 spiro atoms. The van der Waals surface area contributed by atoms with Gasteiger partial charge in [-0.2, -0.15) is 5.26 Å². The van der Waals surface area contributed by atoms with Crippen molar-refractivity contribution in [3.05, 3.63) is 77.4 Å². The van der Waals surface area contributed by atoms with E-state index in [0.29, 0.717) is 18.0 Å². The maximum atomic E-state index is 12.7. The quantitative estimate of drug-likeness (QED) is 0.470. The number of aryl methyl sites for hydroxylation is 1. The lowest BCUT2D eigenvalue weighted by molar-refractivity contribution is -0.112. The Hall–Kier alpha value is -3.58. The van der Waals surface area contributed by atoms with Crippen LogP contribution in [0.4, 0.5) is 5.69 Å². The number of amides is 1. The lowest BCUT2D eigenvalue weighted by Gasteiger charge is -2.11. The average Bonchev–Trinajstić information content (AvgIpc) is 2.73. The minimum atomic E-state index is -0.442. The monoisotopic (exact) mass is 370 g/mol. The summed E-state index contributed by atoms with van der Waals surface area (Å²) in [4.78, 5) is 12.7. The number of nitrogens with one attached hydrogen (secondary N) is 1. The molecule has 0 fully saturated rings. The van der Waals surface area contributed by atoms with Crippen molar-refractivity contribution in [1.82, 2.24) is 0 Å². The van der Waals surface area contributed by atoms with E-state index >= 15 is 0 Å². The topological polar surface area (TPSA) is 62.1 Å². The Morgan fingerprint density at radius 1 is 1.07 bits per heavy atom. The fraction of sp³-hybridized carbons (Fsp3) is 0.167. The van der Waals surface area contributed by atoms with E-state index < -0.39 is 5.91 Å². The molecular formula is C24H22N2O2. The first-order valence-electron chi connectivity index (χ1n) is 9.33. The molecule has 0 aliphatic carbocycles. The molecular weight excluding hydrogens is 348 g/mol. The van der Waals surface area contributed by atoms with Gasteiger partial charge < -0.3 is 10.1 Å². The van der Waals surface area contributed by atoms with Crippen molar-refractivity contribution >= 4 is 28.4 Å². The fourth-order valence-corrected chi connectivity index (χ4v) is 3.02. The largest absolute Gasteiger partial charge is 0.493 e. The van der Waals surface area contributed by atoms with Crippen molar-refractivity contribution < 1.29 is 9.53 Å². The van der Waals surface area contributed by atoms with Crippen LogP contribution in [-0.4, -0.2) is 12.5 Å². The molecule has 0 aliphatic heterocycles. The summed E-state index contributed by atoms with van der Waals surface area (Å²) in [6.45, 7) is 4.47. The molecule has 0 aliphatic rings. The number of anilines is 1. The predicted molar refractivity (Wildman–Crippen MR) is 113 cm³/mol. The van der Waals surface area contributed by atoms with Crippen LogP contribution in [0.1, 0.15) is 25.0 Å². The molecule has 28 heavy (non-hydrogen) atoms. The SMILES string of the molecule is CCOc1ccc2ccccc2c1/C=C(/C#N)C(=O)Nc1ccc(CC)cc1. The number of nitriles is 1. The average molecular weight is 370 g/mol. The summed E-state index contributed by atoms with van der Waals surface area (Å²) in [5, 5.41) is 14.3. The highest BCUT2D eigenvalue weighted by molar-refractivity contribution is 6.11. The summed E-state index contributed by atoms with van der Waals surface area (Å²) in [5.74, 6) is 0.205. The van der Waals surface area contributed by atoms with Crippen molar-refractivity contribution in [3.63, 3.8) is 0 Å². The molecule has 3 aromatic carbocycles. The van der Waals surface area contributed by atoms with Gasteiger partial charge >= 0.3 is 0 Å². The summed E-state index contributed by atoms with van der Waals surface area (Å²) in [6, 6.07) is 21.3. The molecule has 0 aromatic heterocycles. The van der Waals surface area contributed by atoms with E-state index in [1.165, 1.54) is 5.56 Å². The first-order valence-corrected chi connectivity index (χ1v) is 9.33. The van der Waals surface area contributed by atoms with E-state index in [9.17, 15) is 10.1 Å². The van der Waals surface area contributed by atoms with Crippen LogP contribution in [-0.2, 0) is 11.2 Å². The van der Waals surface area contributed by atoms with Crippen molar-refractivity contribution in [2.24, 2.45) is 0 Å². The number of benzene rings is 3. The first-order chi connectivity index (χ1) is 13.7. The zero-order valence-corrected chi connectivity index (χ0v) is 16.0. The fourth-order valence-electron chi connectivity index (χ4n) is 3.02. The molecule has 1 amide bonds. The van der Waals surface area contributed by atoms with Gasteiger partial charge in [0.1, 0.15) is 17.4 Å². The smallest absolute Gasteiger partial charge is 0.266 e. The second-order valence-electron chi connectivity index (χ2n) is 6.31. The Morgan fingerprint density at radius 2 is 1.82 bits per heavy atom. The number of ether oxygens (including phenoxy) is 1. The second-order valence-corrected chi connectivity index (χ2v) is 6.31. The summed E-state index contributed by atoms with van der Waals surface area (Å²) in [6.07, 6.45) is 2.53. The maximum absolute atomic E-state index is 12.7. The number of rotatable bonds is 6. The zero-order chi connectivity index (χ0) is 19.9. The van der Waals surface area contributed by atoms with Crippen molar-refractivity contribution in [2.45, 2.75) is 20.3 Å². The Labute approximate surface area is 165 Å². The van der Waals surface area contributed by atoms with Gasteiger partial charge in [-0.05, 0) is 54.0 Å². The van der Waals surface area contributed by atoms with Gasteiger partial charge in [-0.25, -0.2) is 0 Å². The van der Waals surface area contributed by atoms with Crippen LogP contribution in [0.2, 0.25) is 0 Å². The normalized spacial score (nSPS) is 11.1. The lowest BCUT2D eigenvalue weighted by atomic mass is 10.0. The zero-order valence-electron chi connectivity index (χ0n) is 16.0. The Kier molecular flexibility index (Phi) is 6.08. The van der Waals surface area contributed by atoms with Gasteiger partial charge in [0.2, 0.25) is 0 Å². The molecule has 0 bridgehead atoms. The van der Waals surface area contributed by atoms with Gasteiger partial charge in [0.05, 0.1) is 6.61 Å². The van der Waals surface area contributed by atoms with Crippen molar-refractivity contribution in [2.75, 3.05) is 11.9 Å². The standard InChI is InChI=1S/C24H22N2O2/c1-3-17-9-12-20(13-10-17)26-24(27)19(16-25)15-22-21-8-6-5-7-18(21)11-14-23(22)28-4-2/h5-15H,3-4H2,1-2H3,(H,26,27)/b19-15-. The summed E-state index contributed by atoms with van der Waals surface area (Å²) in [5.41, 5.74) is 2.60. The second kappa shape index (κ2) is 8.88. The van der Waals surface area contributed by atoms with Gasteiger partial charge in [0, 0.05) is 11.3 Å². The lowest BCUT2D eigenvalue weighted by Crippen LogP contribution is -2.13. The summed E-state index contributed by atoms with van der Waals surface area (Å²) < 4.78 is 5.73. The molecule has 0 unspecified atom stereocenters. The van der Waals surface area contributed by atoms with Crippen LogP contribution in [0, 0.1) is 11.3 Å². The van der Waals surface area contributed by atoms with Gasteiger partial charge in [0.25, 0.3) is 5.91 Å². The van der Waals surface area contributed by atoms with E-state index in [2.05, 4.69) is 12.2 Å². The van der Waals surface area contributed by atoms with Crippen molar-refractivity contribution in [3.8, 4) is 11.8 Å². The van der Waals surface area contributed by atoms with Crippen LogP contribution in [0.5, 0.6) is 5.75 Å². The predicted octanol–water partition coefficient (Wildman–Crippen LogP) is 5.35. The van der Waals surface area contributed by atoms with E-state index in [0.717, 1.165) is 22.8 Å². The molecule has 0 atom stereocenters. The van der Waals surface area contributed by atoms with Crippen LogP contribution >= 0.6 is 0 Å². The highest BCUT2D eigenvalue weighted by atomic mass is 16.5. The molecule has 0 saturated carbocycles. The number of carbonyl (C=O) groups is 1. The minimum Gasteiger partial charge on any atom is -0.493 e. The third-order valence-electron chi connectivity index (χ3n) is 4.50. The number of hydrogen-bond donors (Lipinski definition) is 1. The maximum Gasteiger partial charge on any atom is 0.266 e. The van der Waals surface area contributed by atoms with Crippen LogP contribution in [0.15, 0.2) is 66.2 Å². The van der Waals surface area contributed by atoms with Gasteiger partial charge in [-0.1, -0.05) is 49.4 Å². The highest BCUT2D eigenvalue weighted by Gasteiger charge is 2.13. The molecule has 0 radical (unpaired) electrons. The van der Waals surface area contributed by atoms with E-state index in [1.54, 1.807) is 6.08 Å². The van der Waals surface area contributed by atoms with Gasteiger partial charge in [-0.15, -0.1) is 0 Å². The number of fused-ring (bicyclic) bond motifs is 1. The molecule has 0 saturated heterocycles. The minimum absolute atomic E-state index is 0.0249. The van der Waals surface area contributed by atoms with Crippen LogP contribution in [0.3, 0.4) is 0 Å². The van der Waals surface area contributed by atoms with E-state index in [4.69, 9.17) is 4.74 Å². The van der Waals surface area contributed by atoms with E-state index in [-0.39, 0.29) is 5.57 Å². The Balaban J connectivity index is 1.98. The highest BCUT2D eigenvalue weighted by Crippen LogP contribution is 2.30. The Morgan fingerprint density at radius 3 is 2.50 bits per heavy atom. The number of hydrogen-bond acceptors (Lipinski definition) is 3. The van der Waals surface area contributed by atoms with Gasteiger partial charge in [-0.3, -0.25) is 4.79 Å². The molecule has 4 nitrogen and oxygen atoms in total. The first kappa shape index (κ1) is 19.2. The third-order valence-corrected chi connectivity index (χ3v) is 4.50.